The van der Waals surface area contributed by atoms with Crippen LogP contribution in [0.1, 0.15) is 40.4 Å². The largest absolute Gasteiger partial charge is 0.507 e. The lowest BCUT2D eigenvalue weighted by Gasteiger charge is -2.29. The van der Waals surface area contributed by atoms with Crippen molar-refractivity contribution in [1.82, 2.24) is 4.90 Å². The molecule has 0 unspecified atom stereocenters. The quantitative estimate of drug-likeness (QED) is 0.215. The molecule has 1 atom stereocenters. The molecule has 2 aromatic carbocycles. The van der Waals surface area contributed by atoms with Gasteiger partial charge in [0.1, 0.15) is 27.5 Å². The first-order valence-corrected chi connectivity index (χ1v) is 15.5. The van der Waals surface area contributed by atoms with E-state index in [9.17, 15) is 18.7 Å². The first-order chi connectivity index (χ1) is 21.7. The number of aromatic nitrogens is 1. The molecule has 0 amide bonds. The number of morpholine rings is 1. The number of esters is 1. The van der Waals surface area contributed by atoms with Gasteiger partial charge in [0, 0.05) is 57.0 Å². The number of carbonyl (C=O) groups excluding carboxylic acids is 1. The van der Waals surface area contributed by atoms with Crippen molar-refractivity contribution in [3.63, 3.8) is 0 Å². The van der Waals surface area contributed by atoms with E-state index in [2.05, 4.69) is 14.6 Å². The standard InChI is InChI=1S/C32H35Cl2F2N3O6/c1-38(8-9-39-10-12-42-13-11-39)22-5-6-23(27(40)15-22)31(41)44-29(16-24-25(33)17-37-18-26(24)34)21-4-7-28(45-32(35)36)30(14-21)43-19-20-2-3-20/h4-7,14-15,17-18,20,29,32,40H,2-3,8-13,16,19H2,1H3/p+1/t29-/m0/s1. The third-order valence-electron chi connectivity index (χ3n) is 7.86. The molecule has 9 nitrogen and oxygen atoms in total. The van der Waals surface area contributed by atoms with E-state index in [1.165, 1.54) is 30.3 Å². The smallest absolute Gasteiger partial charge is 0.387 e. The van der Waals surface area contributed by atoms with E-state index in [-0.39, 0.29) is 29.2 Å². The number of ether oxygens (including phenoxy) is 4. The molecular weight excluding hydrogens is 631 g/mol. The van der Waals surface area contributed by atoms with Crippen molar-refractivity contribution in [3.05, 3.63) is 75.5 Å². The predicted molar refractivity (Wildman–Crippen MR) is 165 cm³/mol. The van der Waals surface area contributed by atoms with Crippen LogP contribution in [0, 0.1) is 5.92 Å². The van der Waals surface area contributed by atoms with Gasteiger partial charge in [-0.25, -0.2) is 9.78 Å². The molecule has 13 heteroatoms. The van der Waals surface area contributed by atoms with Crippen LogP contribution >= 0.6 is 23.2 Å². The topological polar surface area (TPSA) is 94.8 Å². The molecule has 2 heterocycles. The molecule has 0 bridgehead atoms. The average molecular weight is 668 g/mol. The minimum absolute atomic E-state index is 0.0354. The summed E-state index contributed by atoms with van der Waals surface area (Å²) in [5.74, 6) is -0.705. The number of alkyl halides is 2. The Labute approximate surface area is 270 Å². The van der Waals surface area contributed by atoms with Gasteiger partial charge in [0.25, 0.3) is 0 Å². The second kappa shape index (κ2) is 15.3. The highest BCUT2D eigenvalue weighted by molar-refractivity contribution is 6.35. The molecule has 0 radical (unpaired) electrons. The zero-order valence-corrected chi connectivity index (χ0v) is 26.3. The van der Waals surface area contributed by atoms with Gasteiger partial charge in [-0.2, -0.15) is 8.78 Å². The van der Waals surface area contributed by atoms with Gasteiger partial charge in [-0.3, -0.25) is 4.90 Å². The number of aromatic hydroxyl groups is 1. The highest BCUT2D eigenvalue weighted by atomic mass is 35.5. The third-order valence-corrected chi connectivity index (χ3v) is 8.53. The highest BCUT2D eigenvalue weighted by Gasteiger charge is 2.27. The van der Waals surface area contributed by atoms with Gasteiger partial charge >= 0.3 is 12.6 Å². The molecule has 0 spiro atoms. The number of rotatable bonds is 14. The van der Waals surface area contributed by atoms with Gasteiger partial charge in [0.05, 0.1) is 19.8 Å². The number of carbonyl (C=O) groups is 1. The van der Waals surface area contributed by atoms with Crippen LogP contribution in [0.2, 0.25) is 10.0 Å². The average Bonchev–Trinajstić information content (AvgIpc) is 3.85. The molecule has 1 saturated carbocycles. The molecular formula is C32H36Cl2F2N3O6+. The van der Waals surface area contributed by atoms with Crippen LogP contribution in [0.3, 0.4) is 0 Å². The Hall–Kier alpha value is -3.38. The molecule has 45 heavy (non-hydrogen) atoms. The molecule has 2 aliphatic rings. The lowest BCUT2D eigenvalue weighted by molar-refractivity contribution is -0.377. The summed E-state index contributed by atoms with van der Waals surface area (Å²) >= 11 is 12.9. The fourth-order valence-corrected chi connectivity index (χ4v) is 5.51. The summed E-state index contributed by atoms with van der Waals surface area (Å²) in [6.45, 7) is 2.03. The van der Waals surface area contributed by atoms with Crippen molar-refractivity contribution in [2.45, 2.75) is 32.0 Å². The number of halogens is 4. The number of phenolic OH excluding ortho intramolecular Hbond substituents is 1. The third kappa shape index (κ3) is 9.09. The summed E-state index contributed by atoms with van der Waals surface area (Å²) < 4.78 is 48.2. The number of pyridine rings is 1. The van der Waals surface area contributed by atoms with Crippen LogP contribution in [0.5, 0.6) is 17.2 Å². The van der Waals surface area contributed by atoms with Crippen LogP contribution in [-0.4, -0.2) is 75.6 Å². The summed E-state index contributed by atoms with van der Waals surface area (Å²) in [4.78, 5) is 20.6. The summed E-state index contributed by atoms with van der Waals surface area (Å²) in [5, 5.41) is 11.5. The second-order valence-electron chi connectivity index (χ2n) is 11.1. The number of hydrogen-bond acceptors (Lipinski definition) is 8. The summed E-state index contributed by atoms with van der Waals surface area (Å²) in [6.07, 6.45) is 4.17. The summed E-state index contributed by atoms with van der Waals surface area (Å²) in [7, 11) is 1.91. The van der Waals surface area contributed by atoms with Crippen molar-refractivity contribution in [2.75, 3.05) is 57.9 Å². The van der Waals surface area contributed by atoms with Gasteiger partial charge in [0.2, 0.25) is 0 Å². The molecule has 1 saturated heterocycles. The fraction of sp³-hybridized carbons (Fsp3) is 0.438. The number of hydrogen-bond donors (Lipinski definition) is 1. The Morgan fingerprint density at radius 2 is 1.84 bits per heavy atom. The lowest BCUT2D eigenvalue weighted by atomic mass is 10.0. The van der Waals surface area contributed by atoms with Crippen LogP contribution in [-0.2, 0) is 15.9 Å². The van der Waals surface area contributed by atoms with Crippen molar-refractivity contribution in [3.8, 4) is 17.2 Å². The van der Waals surface area contributed by atoms with Crippen molar-refractivity contribution in [1.29, 1.82) is 0 Å². The van der Waals surface area contributed by atoms with E-state index in [1.54, 1.807) is 18.5 Å². The van der Waals surface area contributed by atoms with E-state index < -0.39 is 18.7 Å². The van der Waals surface area contributed by atoms with E-state index in [1.807, 2.05) is 11.9 Å². The van der Waals surface area contributed by atoms with Crippen molar-refractivity contribution < 1.29 is 42.6 Å². The van der Waals surface area contributed by atoms with E-state index in [0.29, 0.717) is 46.9 Å². The maximum Gasteiger partial charge on any atom is 0.387 e. The minimum atomic E-state index is -3.05. The molecule has 2 N–H and O–H groups in total. The molecule has 1 aromatic heterocycles. The zero-order chi connectivity index (χ0) is 31.9. The van der Waals surface area contributed by atoms with Gasteiger partial charge in [-0.05, 0) is 48.6 Å². The molecule has 5 rings (SSSR count). The maximum atomic E-state index is 13.5. The Morgan fingerprint density at radius 1 is 1.11 bits per heavy atom. The predicted octanol–water partition coefficient (Wildman–Crippen LogP) is 5.81. The van der Waals surface area contributed by atoms with Crippen LogP contribution in [0.15, 0.2) is 48.8 Å². The maximum absolute atomic E-state index is 13.5. The van der Waals surface area contributed by atoms with E-state index >= 15 is 0 Å². The minimum Gasteiger partial charge on any atom is -0.507 e. The van der Waals surface area contributed by atoms with Crippen LogP contribution in [0.25, 0.3) is 0 Å². The Kier molecular flexibility index (Phi) is 11.2. The fourth-order valence-electron chi connectivity index (χ4n) is 4.98. The first-order valence-electron chi connectivity index (χ1n) is 14.8. The number of nitrogens with one attached hydrogen (secondary N) is 1. The summed E-state index contributed by atoms with van der Waals surface area (Å²) in [6, 6.07) is 9.16. The monoisotopic (exact) mass is 666 g/mol. The molecule has 242 valence electrons. The Balaban J connectivity index is 1.37. The number of anilines is 1. The van der Waals surface area contributed by atoms with Crippen LogP contribution < -0.4 is 19.4 Å². The molecule has 2 fully saturated rings. The Bertz CT molecular complexity index is 1450. The van der Waals surface area contributed by atoms with Gasteiger partial charge in [-0.15, -0.1) is 0 Å². The highest BCUT2D eigenvalue weighted by Crippen LogP contribution is 2.38. The SMILES string of the molecule is CN(CCN1CCOCC1)c1ccc(C(=O)O[C@@H](Cc2c(Cl)c[nH+]cc2Cl)c2ccc(OC(F)F)c(OCC3CC3)c2)c(O)c1. The van der Waals surface area contributed by atoms with Gasteiger partial charge in [-0.1, -0.05) is 29.3 Å². The number of nitrogens with zero attached hydrogens (tertiary/aromatic N) is 2. The van der Waals surface area contributed by atoms with Crippen molar-refractivity contribution >= 4 is 34.9 Å². The normalized spacial score (nSPS) is 16.0. The molecule has 1 aliphatic carbocycles. The second-order valence-corrected chi connectivity index (χ2v) is 12.0. The Morgan fingerprint density at radius 3 is 2.51 bits per heavy atom. The lowest BCUT2D eigenvalue weighted by Crippen LogP contribution is -2.40. The number of aromatic amines is 1. The van der Waals surface area contributed by atoms with E-state index in [4.69, 9.17) is 37.4 Å². The van der Waals surface area contributed by atoms with Gasteiger partial charge < -0.3 is 29.0 Å². The number of H-pyrrole nitrogens is 1. The van der Waals surface area contributed by atoms with Crippen LogP contribution in [0.4, 0.5) is 14.5 Å². The zero-order valence-electron chi connectivity index (χ0n) is 24.8. The number of phenols is 1. The molecule has 1 aliphatic heterocycles. The van der Waals surface area contributed by atoms with E-state index in [0.717, 1.165) is 44.7 Å². The summed E-state index contributed by atoms with van der Waals surface area (Å²) in [5.41, 5.74) is 1.64. The molecule has 3 aromatic rings. The van der Waals surface area contributed by atoms with Gasteiger partial charge in [0.15, 0.2) is 23.9 Å². The number of benzene rings is 2. The van der Waals surface area contributed by atoms with Crippen molar-refractivity contribution in [2.24, 2.45) is 5.92 Å². The first kappa shape index (κ1) is 33.0. The number of likely N-dealkylation sites (N-methyl/N-ethyl adjacent to an activating group) is 1.